The predicted octanol–water partition coefficient (Wildman–Crippen LogP) is 6.74. The van der Waals surface area contributed by atoms with Gasteiger partial charge in [0.15, 0.2) is 0 Å². The zero-order valence-corrected chi connectivity index (χ0v) is 19.2. The summed E-state index contributed by atoms with van der Waals surface area (Å²) in [6.07, 6.45) is 26.3. The van der Waals surface area contributed by atoms with Crippen LogP contribution in [0.25, 0.3) is 0 Å². The molecule has 0 amide bonds. The normalized spacial score (nSPS) is 19.9. The molecule has 0 aromatic rings. The number of unbranched alkanes of at least 4 members (excludes halogenated alkanes) is 15. The Morgan fingerprint density at radius 2 is 1.14 bits per heavy atom. The standard InChI is InChI=1S/C25H52N2O/c1-2-3-4-5-6-7-8-9-10-11-12-13-14-15-16-17-19-25(20-18-21-26)24-27-22-23-28-25/h27H,2-24,26H2,1H3. The summed E-state index contributed by atoms with van der Waals surface area (Å²) in [5, 5.41) is 3.52. The Bertz CT molecular complexity index is 316. The van der Waals surface area contributed by atoms with Crippen molar-refractivity contribution in [1.82, 2.24) is 5.32 Å². The minimum atomic E-state index is 0.0770. The van der Waals surface area contributed by atoms with Gasteiger partial charge in [0.1, 0.15) is 0 Å². The minimum absolute atomic E-state index is 0.0770. The molecule has 0 aromatic heterocycles. The van der Waals surface area contributed by atoms with Gasteiger partial charge in [0.05, 0.1) is 12.2 Å². The predicted molar refractivity (Wildman–Crippen MR) is 124 cm³/mol. The SMILES string of the molecule is CCCCCCCCCCCCCCCCCCC1(CCCN)CNCCO1. The highest BCUT2D eigenvalue weighted by Crippen LogP contribution is 2.27. The second kappa shape index (κ2) is 18.9. The molecule has 1 fully saturated rings. The van der Waals surface area contributed by atoms with Gasteiger partial charge in [-0.2, -0.15) is 0 Å². The first kappa shape index (κ1) is 25.9. The molecule has 1 unspecified atom stereocenters. The molecule has 0 bridgehead atoms. The van der Waals surface area contributed by atoms with Crippen LogP contribution in [0.1, 0.15) is 129 Å². The molecule has 0 spiro atoms. The highest BCUT2D eigenvalue weighted by Gasteiger charge is 2.31. The quantitative estimate of drug-likeness (QED) is 0.224. The fourth-order valence-corrected chi connectivity index (χ4v) is 4.57. The Hall–Kier alpha value is -0.120. The Balaban J connectivity index is 1.84. The molecule has 0 aliphatic carbocycles. The van der Waals surface area contributed by atoms with Crippen molar-refractivity contribution < 1.29 is 4.74 Å². The smallest absolute Gasteiger partial charge is 0.0807 e. The van der Waals surface area contributed by atoms with Gasteiger partial charge in [0.25, 0.3) is 0 Å². The topological polar surface area (TPSA) is 47.3 Å². The molecule has 0 radical (unpaired) electrons. The van der Waals surface area contributed by atoms with Crippen molar-refractivity contribution in [3.8, 4) is 0 Å². The number of hydrogen-bond acceptors (Lipinski definition) is 3. The van der Waals surface area contributed by atoms with E-state index in [-0.39, 0.29) is 5.60 Å². The van der Waals surface area contributed by atoms with Crippen LogP contribution in [-0.4, -0.2) is 31.8 Å². The molecule has 1 atom stereocenters. The van der Waals surface area contributed by atoms with Crippen LogP contribution in [0.3, 0.4) is 0 Å². The number of nitrogens with two attached hydrogens (primary N) is 1. The van der Waals surface area contributed by atoms with Gasteiger partial charge < -0.3 is 15.8 Å². The maximum Gasteiger partial charge on any atom is 0.0807 e. The molecule has 1 heterocycles. The zero-order valence-electron chi connectivity index (χ0n) is 19.2. The third kappa shape index (κ3) is 14.0. The Labute approximate surface area is 176 Å². The van der Waals surface area contributed by atoms with Crippen LogP contribution >= 0.6 is 0 Å². The van der Waals surface area contributed by atoms with Gasteiger partial charge in [0, 0.05) is 13.1 Å². The molecular formula is C25H52N2O. The van der Waals surface area contributed by atoms with Crippen molar-refractivity contribution in [2.45, 2.75) is 135 Å². The van der Waals surface area contributed by atoms with Crippen molar-refractivity contribution >= 4 is 0 Å². The van der Waals surface area contributed by atoms with Crippen molar-refractivity contribution in [3.05, 3.63) is 0 Å². The molecule has 28 heavy (non-hydrogen) atoms. The summed E-state index contributed by atoms with van der Waals surface area (Å²) in [5.41, 5.74) is 5.80. The average Bonchev–Trinajstić information content (AvgIpc) is 2.73. The number of ether oxygens (including phenoxy) is 1. The van der Waals surface area contributed by atoms with Gasteiger partial charge in [-0.05, 0) is 25.8 Å². The lowest BCUT2D eigenvalue weighted by molar-refractivity contribution is -0.0784. The second-order valence-corrected chi connectivity index (χ2v) is 9.15. The summed E-state index contributed by atoms with van der Waals surface area (Å²) in [6, 6.07) is 0. The molecule has 0 saturated carbocycles. The van der Waals surface area contributed by atoms with E-state index in [0.29, 0.717) is 0 Å². The van der Waals surface area contributed by atoms with Crippen molar-refractivity contribution in [2.24, 2.45) is 5.73 Å². The Morgan fingerprint density at radius 3 is 1.57 bits per heavy atom. The maximum absolute atomic E-state index is 6.17. The summed E-state index contributed by atoms with van der Waals surface area (Å²) >= 11 is 0. The highest BCUT2D eigenvalue weighted by atomic mass is 16.5. The van der Waals surface area contributed by atoms with Crippen LogP contribution in [-0.2, 0) is 4.74 Å². The fourth-order valence-electron chi connectivity index (χ4n) is 4.57. The third-order valence-corrected chi connectivity index (χ3v) is 6.46. The van der Waals surface area contributed by atoms with E-state index in [1.54, 1.807) is 0 Å². The average molecular weight is 397 g/mol. The van der Waals surface area contributed by atoms with Crippen LogP contribution < -0.4 is 11.1 Å². The van der Waals surface area contributed by atoms with E-state index >= 15 is 0 Å². The lowest BCUT2D eigenvalue weighted by Crippen LogP contribution is -2.49. The third-order valence-electron chi connectivity index (χ3n) is 6.46. The van der Waals surface area contributed by atoms with E-state index in [9.17, 15) is 0 Å². The lowest BCUT2D eigenvalue weighted by Gasteiger charge is -2.38. The molecule has 0 aromatic carbocycles. The van der Waals surface area contributed by atoms with Crippen LogP contribution in [0.2, 0.25) is 0 Å². The van der Waals surface area contributed by atoms with E-state index in [4.69, 9.17) is 10.5 Å². The van der Waals surface area contributed by atoms with Gasteiger partial charge in [-0.3, -0.25) is 0 Å². The highest BCUT2D eigenvalue weighted by molar-refractivity contribution is 4.86. The molecule has 3 heteroatoms. The molecule has 1 rings (SSSR count). The fraction of sp³-hybridized carbons (Fsp3) is 1.00. The van der Waals surface area contributed by atoms with Crippen molar-refractivity contribution in [3.63, 3.8) is 0 Å². The van der Waals surface area contributed by atoms with E-state index in [0.717, 1.165) is 39.1 Å². The van der Waals surface area contributed by atoms with E-state index in [1.165, 1.54) is 109 Å². The first-order valence-electron chi connectivity index (χ1n) is 12.9. The summed E-state index contributed by atoms with van der Waals surface area (Å²) in [7, 11) is 0. The summed E-state index contributed by atoms with van der Waals surface area (Å²) in [4.78, 5) is 0. The molecule has 3 N–H and O–H groups in total. The maximum atomic E-state index is 6.17. The van der Waals surface area contributed by atoms with Crippen molar-refractivity contribution in [1.29, 1.82) is 0 Å². The van der Waals surface area contributed by atoms with Crippen LogP contribution in [0.15, 0.2) is 0 Å². The van der Waals surface area contributed by atoms with Gasteiger partial charge in [-0.1, -0.05) is 110 Å². The zero-order chi connectivity index (χ0) is 20.2. The Morgan fingerprint density at radius 1 is 0.679 bits per heavy atom. The molecule has 1 saturated heterocycles. The van der Waals surface area contributed by atoms with Crippen molar-refractivity contribution in [2.75, 3.05) is 26.2 Å². The second-order valence-electron chi connectivity index (χ2n) is 9.15. The molecule has 1 aliphatic heterocycles. The van der Waals surface area contributed by atoms with E-state index < -0.39 is 0 Å². The van der Waals surface area contributed by atoms with Gasteiger partial charge in [-0.15, -0.1) is 0 Å². The molecule has 3 nitrogen and oxygen atoms in total. The van der Waals surface area contributed by atoms with Crippen LogP contribution in [0.5, 0.6) is 0 Å². The first-order valence-corrected chi connectivity index (χ1v) is 12.9. The largest absolute Gasteiger partial charge is 0.372 e. The first-order chi connectivity index (χ1) is 13.8. The van der Waals surface area contributed by atoms with Gasteiger partial charge in [0.2, 0.25) is 0 Å². The molecular weight excluding hydrogens is 344 g/mol. The minimum Gasteiger partial charge on any atom is -0.372 e. The molecule has 1 aliphatic rings. The van der Waals surface area contributed by atoms with E-state index in [1.807, 2.05) is 0 Å². The Kier molecular flexibility index (Phi) is 17.5. The monoisotopic (exact) mass is 396 g/mol. The summed E-state index contributed by atoms with van der Waals surface area (Å²) in [5.74, 6) is 0. The summed E-state index contributed by atoms with van der Waals surface area (Å²) < 4.78 is 6.17. The summed E-state index contributed by atoms with van der Waals surface area (Å²) in [6.45, 7) is 5.96. The van der Waals surface area contributed by atoms with Gasteiger partial charge >= 0.3 is 0 Å². The number of hydrogen-bond donors (Lipinski definition) is 2. The number of nitrogens with one attached hydrogen (secondary N) is 1. The number of morpholine rings is 1. The molecule has 168 valence electrons. The van der Waals surface area contributed by atoms with Gasteiger partial charge in [-0.25, -0.2) is 0 Å². The lowest BCUT2D eigenvalue weighted by atomic mass is 9.89. The van der Waals surface area contributed by atoms with Crippen LogP contribution in [0.4, 0.5) is 0 Å². The number of rotatable bonds is 20. The van der Waals surface area contributed by atoms with E-state index in [2.05, 4.69) is 12.2 Å². The van der Waals surface area contributed by atoms with Crippen LogP contribution in [0, 0.1) is 0 Å².